The van der Waals surface area contributed by atoms with E-state index in [0.717, 1.165) is 12.1 Å². The van der Waals surface area contributed by atoms with Gasteiger partial charge in [0.05, 0.1) is 23.9 Å². The van der Waals surface area contributed by atoms with E-state index in [2.05, 4.69) is 4.98 Å². The molecule has 2 heterocycles. The Labute approximate surface area is 111 Å². The number of benzene rings is 1. The molecule has 0 aliphatic heterocycles. The lowest BCUT2D eigenvalue weighted by molar-refractivity contribution is 0.0660. The Balaban J connectivity index is 1.98. The molecular weight excluding hydrogens is 270 g/mol. The van der Waals surface area contributed by atoms with Gasteiger partial charge in [0.25, 0.3) is 0 Å². The molecule has 3 rings (SSSR count). The number of hydrogen-bond donors (Lipinski definition) is 1. The second kappa shape index (κ2) is 4.44. The average molecular weight is 278 g/mol. The molecule has 0 atom stereocenters. The molecule has 20 heavy (non-hydrogen) atoms. The summed E-state index contributed by atoms with van der Waals surface area (Å²) >= 11 is 0. The van der Waals surface area contributed by atoms with Gasteiger partial charge in [-0.15, -0.1) is 0 Å². The second-order valence-electron chi connectivity index (χ2n) is 4.20. The van der Waals surface area contributed by atoms with Crippen molar-refractivity contribution >= 4 is 17.0 Å². The zero-order valence-corrected chi connectivity index (χ0v) is 10.0. The van der Waals surface area contributed by atoms with Gasteiger partial charge in [0.1, 0.15) is 5.76 Å². The van der Waals surface area contributed by atoms with Crippen LogP contribution in [0.15, 0.2) is 35.0 Å². The van der Waals surface area contributed by atoms with Crippen LogP contribution in [-0.4, -0.2) is 20.6 Å². The van der Waals surface area contributed by atoms with Crippen LogP contribution in [0.25, 0.3) is 11.0 Å². The van der Waals surface area contributed by atoms with Crippen LogP contribution in [0.2, 0.25) is 0 Å². The molecule has 0 aliphatic carbocycles. The third-order valence-electron chi connectivity index (χ3n) is 2.86. The van der Waals surface area contributed by atoms with Gasteiger partial charge in [0, 0.05) is 12.1 Å². The number of nitrogens with zero attached hydrogens (tertiary/aromatic N) is 2. The van der Waals surface area contributed by atoms with Gasteiger partial charge in [-0.3, -0.25) is 0 Å². The molecule has 1 aromatic carbocycles. The molecule has 0 spiro atoms. The Morgan fingerprint density at radius 1 is 1.30 bits per heavy atom. The maximum Gasteiger partial charge on any atom is 0.371 e. The van der Waals surface area contributed by atoms with E-state index in [-0.39, 0.29) is 12.3 Å². The van der Waals surface area contributed by atoms with E-state index in [1.54, 1.807) is 4.57 Å². The minimum Gasteiger partial charge on any atom is -0.475 e. The van der Waals surface area contributed by atoms with Gasteiger partial charge in [-0.1, -0.05) is 0 Å². The summed E-state index contributed by atoms with van der Waals surface area (Å²) in [5.74, 6) is -2.90. The Kier molecular flexibility index (Phi) is 2.74. The van der Waals surface area contributed by atoms with Gasteiger partial charge < -0.3 is 14.1 Å². The van der Waals surface area contributed by atoms with Crippen molar-refractivity contribution in [1.82, 2.24) is 9.55 Å². The SMILES string of the molecule is O=C(O)c1ccc(Cn2cnc3cc(F)c(F)cc32)o1. The van der Waals surface area contributed by atoms with Gasteiger partial charge in [-0.2, -0.15) is 0 Å². The fraction of sp³-hybridized carbons (Fsp3) is 0.0769. The molecule has 0 unspecified atom stereocenters. The summed E-state index contributed by atoms with van der Waals surface area (Å²) in [6.45, 7) is 0.175. The molecule has 0 saturated carbocycles. The number of furan rings is 1. The van der Waals surface area contributed by atoms with Crippen LogP contribution in [0.3, 0.4) is 0 Å². The van der Waals surface area contributed by atoms with Crippen molar-refractivity contribution in [3.05, 3.63) is 53.7 Å². The number of fused-ring (bicyclic) bond motifs is 1. The van der Waals surface area contributed by atoms with E-state index in [1.807, 2.05) is 0 Å². The van der Waals surface area contributed by atoms with Crippen molar-refractivity contribution in [3.8, 4) is 0 Å². The first-order chi connectivity index (χ1) is 9.54. The summed E-state index contributed by atoms with van der Waals surface area (Å²) in [6.07, 6.45) is 1.41. The Hall–Kier alpha value is -2.70. The summed E-state index contributed by atoms with van der Waals surface area (Å²) in [6, 6.07) is 4.89. The van der Waals surface area contributed by atoms with Crippen molar-refractivity contribution in [2.24, 2.45) is 0 Å². The number of aromatic nitrogens is 2. The summed E-state index contributed by atoms with van der Waals surface area (Å²) in [5.41, 5.74) is 0.714. The quantitative estimate of drug-likeness (QED) is 0.799. The van der Waals surface area contributed by atoms with Crippen LogP contribution in [-0.2, 0) is 6.54 Å². The van der Waals surface area contributed by atoms with Gasteiger partial charge in [-0.05, 0) is 12.1 Å². The van der Waals surface area contributed by atoms with Crippen LogP contribution in [0.1, 0.15) is 16.3 Å². The number of rotatable bonds is 3. The molecule has 3 aromatic rings. The molecule has 2 aromatic heterocycles. The summed E-state index contributed by atoms with van der Waals surface area (Å²) < 4.78 is 33.0. The monoisotopic (exact) mass is 278 g/mol. The van der Waals surface area contributed by atoms with Crippen LogP contribution in [0.5, 0.6) is 0 Å². The topological polar surface area (TPSA) is 68.3 Å². The predicted octanol–water partition coefficient (Wildman–Crippen LogP) is 2.65. The lowest BCUT2D eigenvalue weighted by Crippen LogP contribution is -1.98. The predicted molar refractivity (Wildman–Crippen MR) is 64.4 cm³/mol. The fourth-order valence-corrected chi connectivity index (χ4v) is 1.93. The standard InChI is InChI=1S/C13H8F2N2O3/c14-8-3-10-11(4-9(8)15)17(6-16-10)5-7-1-2-12(20-7)13(18)19/h1-4,6H,5H2,(H,18,19). The first-order valence-electron chi connectivity index (χ1n) is 5.66. The smallest absolute Gasteiger partial charge is 0.371 e. The lowest BCUT2D eigenvalue weighted by atomic mass is 10.3. The number of aromatic carboxylic acids is 1. The van der Waals surface area contributed by atoms with Crippen molar-refractivity contribution in [2.75, 3.05) is 0 Å². The third kappa shape index (κ3) is 2.03. The maximum atomic E-state index is 13.2. The van der Waals surface area contributed by atoms with Crippen LogP contribution in [0.4, 0.5) is 8.78 Å². The largest absolute Gasteiger partial charge is 0.475 e. The van der Waals surface area contributed by atoms with E-state index in [9.17, 15) is 13.6 Å². The number of carboxylic acids is 1. The number of carbonyl (C=O) groups is 1. The fourth-order valence-electron chi connectivity index (χ4n) is 1.93. The van der Waals surface area contributed by atoms with Crippen LogP contribution in [0, 0.1) is 11.6 Å². The molecule has 0 amide bonds. The number of imidazole rings is 1. The Bertz CT molecular complexity index is 807. The average Bonchev–Trinajstić information content (AvgIpc) is 3.00. The van der Waals surface area contributed by atoms with Gasteiger partial charge >= 0.3 is 5.97 Å². The number of halogens is 2. The van der Waals surface area contributed by atoms with Crippen LogP contribution >= 0.6 is 0 Å². The summed E-state index contributed by atoms with van der Waals surface area (Å²) in [4.78, 5) is 14.7. The molecule has 0 aliphatic rings. The summed E-state index contributed by atoms with van der Waals surface area (Å²) in [5, 5.41) is 8.76. The zero-order chi connectivity index (χ0) is 14.3. The van der Waals surface area contributed by atoms with E-state index in [1.165, 1.54) is 18.5 Å². The Morgan fingerprint density at radius 3 is 2.75 bits per heavy atom. The normalized spacial score (nSPS) is 11.1. The van der Waals surface area contributed by atoms with Gasteiger partial charge in [-0.25, -0.2) is 18.6 Å². The summed E-state index contributed by atoms with van der Waals surface area (Å²) in [7, 11) is 0. The minimum absolute atomic E-state index is 0.175. The highest BCUT2D eigenvalue weighted by atomic mass is 19.2. The van der Waals surface area contributed by atoms with E-state index < -0.39 is 17.6 Å². The number of hydrogen-bond acceptors (Lipinski definition) is 3. The molecule has 102 valence electrons. The maximum absolute atomic E-state index is 13.2. The zero-order valence-electron chi connectivity index (χ0n) is 10.0. The van der Waals surface area contributed by atoms with Crippen molar-refractivity contribution in [1.29, 1.82) is 0 Å². The molecule has 7 heteroatoms. The molecule has 0 saturated heterocycles. The van der Waals surface area contributed by atoms with Crippen LogP contribution < -0.4 is 0 Å². The lowest BCUT2D eigenvalue weighted by Gasteiger charge is -2.02. The van der Waals surface area contributed by atoms with E-state index in [4.69, 9.17) is 9.52 Å². The van der Waals surface area contributed by atoms with Crippen molar-refractivity contribution in [3.63, 3.8) is 0 Å². The second-order valence-corrected chi connectivity index (χ2v) is 4.20. The molecule has 1 N–H and O–H groups in total. The van der Waals surface area contributed by atoms with Crippen molar-refractivity contribution in [2.45, 2.75) is 6.54 Å². The minimum atomic E-state index is -1.17. The highest BCUT2D eigenvalue weighted by Gasteiger charge is 2.12. The molecule has 0 bridgehead atoms. The highest BCUT2D eigenvalue weighted by molar-refractivity contribution is 5.84. The molecule has 0 fully saturated rings. The van der Waals surface area contributed by atoms with Gasteiger partial charge in [0.15, 0.2) is 11.6 Å². The molecule has 5 nitrogen and oxygen atoms in total. The molecule has 0 radical (unpaired) electrons. The van der Waals surface area contributed by atoms with E-state index >= 15 is 0 Å². The van der Waals surface area contributed by atoms with E-state index in [0.29, 0.717) is 16.8 Å². The molecular formula is C13H8F2N2O3. The van der Waals surface area contributed by atoms with Crippen molar-refractivity contribution < 1.29 is 23.1 Å². The first-order valence-corrected chi connectivity index (χ1v) is 5.66. The first kappa shape index (κ1) is 12.3. The third-order valence-corrected chi connectivity index (χ3v) is 2.86. The highest BCUT2D eigenvalue weighted by Crippen LogP contribution is 2.19. The number of carboxylic acid groups (broad SMARTS) is 1. The van der Waals surface area contributed by atoms with Gasteiger partial charge in [0.2, 0.25) is 5.76 Å². The Morgan fingerprint density at radius 2 is 2.05 bits per heavy atom.